The number of likely N-dealkylation sites (N-methyl/N-ethyl adjacent to an activating group) is 1. The van der Waals surface area contributed by atoms with E-state index in [0.717, 1.165) is 31.2 Å². The standard InChI is InChI=1S/C25H31N3O3/c1-27-24(30)21(16-19-14-8-9-15-20(19)23(26)29)28-25(31)22(17-10-4-2-5-11-17)18-12-6-3-7-13-18/h2,4-5,8-11,14-15,18,21-22H,3,6-7,12-13,16H2,1H3,(H2,26,29)(H,27,30)(H,28,31)/t21-,22?/m0/s1. The molecule has 0 bridgehead atoms. The van der Waals surface area contributed by atoms with Crippen LogP contribution in [0.3, 0.4) is 0 Å². The second-order valence-corrected chi connectivity index (χ2v) is 8.19. The van der Waals surface area contributed by atoms with Crippen LogP contribution in [0.2, 0.25) is 0 Å². The van der Waals surface area contributed by atoms with Crippen LogP contribution in [0.1, 0.15) is 59.5 Å². The maximum Gasteiger partial charge on any atom is 0.248 e. The van der Waals surface area contributed by atoms with E-state index in [4.69, 9.17) is 5.73 Å². The Bertz CT molecular complexity index is 907. The molecule has 6 nitrogen and oxygen atoms in total. The summed E-state index contributed by atoms with van der Waals surface area (Å²) in [7, 11) is 1.54. The molecule has 4 N–H and O–H groups in total. The third kappa shape index (κ3) is 5.72. The lowest BCUT2D eigenvalue weighted by Crippen LogP contribution is -2.49. The minimum Gasteiger partial charge on any atom is -0.366 e. The van der Waals surface area contributed by atoms with Gasteiger partial charge in [0.05, 0.1) is 5.92 Å². The van der Waals surface area contributed by atoms with E-state index < -0.39 is 11.9 Å². The molecule has 0 radical (unpaired) electrons. The zero-order valence-electron chi connectivity index (χ0n) is 18.0. The molecule has 6 heteroatoms. The van der Waals surface area contributed by atoms with Crippen LogP contribution in [0.5, 0.6) is 0 Å². The van der Waals surface area contributed by atoms with Crippen LogP contribution in [0.15, 0.2) is 54.6 Å². The Hall–Kier alpha value is -3.15. The minimum atomic E-state index is -0.798. The van der Waals surface area contributed by atoms with Crippen LogP contribution in [0, 0.1) is 5.92 Å². The van der Waals surface area contributed by atoms with E-state index in [2.05, 4.69) is 10.6 Å². The van der Waals surface area contributed by atoms with Crippen molar-refractivity contribution in [2.24, 2.45) is 11.7 Å². The summed E-state index contributed by atoms with van der Waals surface area (Å²) >= 11 is 0. The number of carbonyl (C=O) groups is 3. The largest absolute Gasteiger partial charge is 0.366 e. The number of hydrogen-bond donors (Lipinski definition) is 3. The lowest BCUT2D eigenvalue weighted by molar-refractivity contribution is -0.130. The van der Waals surface area contributed by atoms with Gasteiger partial charge >= 0.3 is 0 Å². The molecule has 0 heterocycles. The number of nitrogens with two attached hydrogens (primary N) is 1. The summed E-state index contributed by atoms with van der Waals surface area (Å²) in [5.74, 6) is -1.06. The second-order valence-electron chi connectivity index (χ2n) is 8.19. The van der Waals surface area contributed by atoms with Gasteiger partial charge in [-0.15, -0.1) is 0 Å². The second kappa shape index (κ2) is 10.8. The van der Waals surface area contributed by atoms with Crippen molar-refractivity contribution < 1.29 is 14.4 Å². The normalized spacial score (nSPS) is 16.2. The van der Waals surface area contributed by atoms with E-state index in [-0.39, 0.29) is 30.1 Å². The highest BCUT2D eigenvalue weighted by molar-refractivity contribution is 5.95. The lowest BCUT2D eigenvalue weighted by atomic mass is 9.76. The number of hydrogen-bond acceptors (Lipinski definition) is 3. The van der Waals surface area contributed by atoms with Crippen molar-refractivity contribution in [1.29, 1.82) is 0 Å². The number of amides is 3. The number of primary amides is 1. The van der Waals surface area contributed by atoms with Crippen molar-refractivity contribution in [3.63, 3.8) is 0 Å². The van der Waals surface area contributed by atoms with Gasteiger partial charge in [-0.05, 0) is 36.0 Å². The molecule has 1 unspecified atom stereocenters. The topological polar surface area (TPSA) is 101 Å². The Morgan fingerprint density at radius 1 is 0.935 bits per heavy atom. The van der Waals surface area contributed by atoms with Gasteiger partial charge in [0.1, 0.15) is 6.04 Å². The monoisotopic (exact) mass is 421 g/mol. The van der Waals surface area contributed by atoms with Gasteiger partial charge in [-0.25, -0.2) is 0 Å². The number of rotatable bonds is 8. The molecule has 1 aliphatic rings. The Balaban J connectivity index is 1.86. The van der Waals surface area contributed by atoms with Crippen LogP contribution in [-0.2, 0) is 16.0 Å². The molecule has 0 spiro atoms. The third-order valence-electron chi connectivity index (χ3n) is 6.15. The molecule has 1 fully saturated rings. The smallest absolute Gasteiger partial charge is 0.248 e. The summed E-state index contributed by atoms with van der Waals surface area (Å²) in [4.78, 5) is 37.9. The fourth-order valence-electron chi connectivity index (χ4n) is 4.57. The average Bonchev–Trinajstić information content (AvgIpc) is 2.80. The first-order valence-corrected chi connectivity index (χ1v) is 11.0. The first-order valence-electron chi connectivity index (χ1n) is 11.0. The molecular formula is C25H31N3O3. The highest BCUT2D eigenvalue weighted by Gasteiger charge is 2.33. The van der Waals surface area contributed by atoms with Gasteiger partial charge in [-0.2, -0.15) is 0 Å². The quantitative estimate of drug-likeness (QED) is 0.611. The third-order valence-corrected chi connectivity index (χ3v) is 6.15. The van der Waals surface area contributed by atoms with Gasteiger partial charge in [0.25, 0.3) is 0 Å². The molecule has 1 aliphatic carbocycles. The highest BCUT2D eigenvalue weighted by Crippen LogP contribution is 2.36. The molecule has 3 rings (SSSR count). The number of carbonyl (C=O) groups excluding carboxylic acids is 3. The van der Waals surface area contributed by atoms with Crippen LogP contribution in [0.4, 0.5) is 0 Å². The highest BCUT2D eigenvalue weighted by atomic mass is 16.2. The van der Waals surface area contributed by atoms with Gasteiger partial charge < -0.3 is 16.4 Å². The van der Waals surface area contributed by atoms with Gasteiger partial charge in [0.2, 0.25) is 17.7 Å². The van der Waals surface area contributed by atoms with E-state index in [1.54, 1.807) is 24.3 Å². The molecule has 1 saturated carbocycles. The number of benzene rings is 2. The summed E-state index contributed by atoms with van der Waals surface area (Å²) in [5, 5.41) is 5.60. The van der Waals surface area contributed by atoms with Crippen molar-refractivity contribution in [1.82, 2.24) is 10.6 Å². The maximum atomic E-state index is 13.5. The molecular weight excluding hydrogens is 390 g/mol. The summed E-state index contributed by atoms with van der Waals surface area (Å²) in [5.41, 5.74) is 7.46. The van der Waals surface area contributed by atoms with Crippen LogP contribution in [0.25, 0.3) is 0 Å². The average molecular weight is 422 g/mol. The summed E-state index contributed by atoms with van der Waals surface area (Å²) in [6, 6.07) is 15.9. The molecule has 3 amide bonds. The van der Waals surface area contributed by atoms with Gasteiger partial charge in [0.15, 0.2) is 0 Å². The van der Waals surface area contributed by atoms with Crippen molar-refractivity contribution in [3.8, 4) is 0 Å². The summed E-state index contributed by atoms with van der Waals surface area (Å²) in [6.07, 6.45) is 5.63. The molecule has 31 heavy (non-hydrogen) atoms. The zero-order valence-corrected chi connectivity index (χ0v) is 18.0. The van der Waals surface area contributed by atoms with E-state index in [0.29, 0.717) is 11.1 Å². The van der Waals surface area contributed by atoms with E-state index >= 15 is 0 Å². The van der Waals surface area contributed by atoms with Crippen LogP contribution in [-0.4, -0.2) is 30.8 Å². The molecule has 0 saturated heterocycles. The zero-order chi connectivity index (χ0) is 22.2. The van der Waals surface area contributed by atoms with Gasteiger partial charge in [-0.1, -0.05) is 67.8 Å². The van der Waals surface area contributed by atoms with E-state index in [9.17, 15) is 14.4 Å². The molecule has 2 aromatic carbocycles. The summed E-state index contributed by atoms with van der Waals surface area (Å²) < 4.78 is 0. The Kier molecular flexibility index (Phi) is 7.82. The number of nitrogens with one attached hydrogen (secondary N) is 2. The SMILES string of the molecule is CNC(=O)[C@H](Cc1ccccc1C(N)=O)NC(=O)C(c1ccccc1)C1CCCCC1. The molecule has 0 aliphatic heterocycles. The fourth-order valence-corrected chi connectivity index (χ4v) is 4.57. The van der Waals surface area contributed by atoms with Crippen LogP contribution >= 0.6 is 0 Å². The van der Waals surface area contributed by atoms with Gasteiger partial charge in [-0.3, -0.25) is 14.4 Å². The van der Waals surface area contributed by atoms with Crippen molar-refractivity contribution in [2.75, 3.05) is 7.05 Å². The summed E-state index contributed by atoms with van der Waals surface area (Å²) in [6.45, 7) is 0. The van der Waals surface area contributed by atoms with E-state index in [1.807, 2.05) is 30.3 Å². The van der Waals surface area contributed by atoms with Crippen molar-refractivity contribution in [3.05, 3.63) is 71.3 Å². The maximum absolute atomic E-state index is 13.5. The van der Waals surface area contributed by atoms with Crippen molar-refractivity contribution >= 4 is 17.7 Å². The van der Waals surface area contributed by atoms with Crippen molar-refractivity contribution in [2.45, 2.75) is 50.5 Å². The Labute approximate surface area is 183 Å². The first kappa shape index (κ1) is 22.5. The predicted octanol–water partition coefficient (Wildman–Crippen LogP) is 2.92. The lowest BCUT2D eigenvalue weighted by Gasteiger charge is -2.31. The molecule has 164 valence electrons. The Morgan fingerprint density at radius 2 is 1.58 bits per heavy atom. The predicted molar refractivity (Wildman–Crippen MR) is 120 cm³/mol. The van der Waals surface area contributed by atoms with E-state index in [1.165, 1.54) is 13.5 Å². The van der Waals surface area contributed by atoms with Gasteiger partial charge in [0, 0.05) is 19.0 Å². The Morgan fingerprint density at radius 3 is 2.23 bits per heavy atom. The molecule has 2 atom stereocenters. The molecule has 2 aromatic rings. The fraction of sp³-hybridized carbons (Fsp3) is 0.400. The molecule has 0 aromatic heterocycles. The minimum absolute atomic E-state index is 0.150. The first-order chi connectivity index (χ1) is 15.0. The van der Waals surface area contributed by atoms with Crippen LogP contribution < -0.4 is 16.4 Å².